The molecule has 0 bridgehead atoms. The van der Waals surface area contributed by atoms with E-state index >= 15 is 0 Å². The molecule has 19 heavy (non-hydrogen) atoms. The van der Waals surface area contributed by atoms with Crippen LogP contribution in [0.25, 0.3) is 0 Å². The highest BCUT2D eigenvalue weighted by atomic mass is 35.5. The van der Waals surface area contributed by atoms with Crippen LogP contribution in [-0.4, -0.2) is 29.4 Å². The van der Waals surface area contributed by atoms with Crippen LogP contribution in [0.3, 0.4) is 0 Å². The molecule has 3 nitrogen and oxygen atoms in total. The van der Waals surface area contributed by atoms with E-state index in [0.29, 0.717) is 11.8 Å². The van der Waals surface area contributed by atoms with E-state index in [9.17, 15) is 4.79 Å². The second-order valence-corrected chi connectivity index (χ2v) is 6.22. The molecule has 0 aromatic carbocycles. The van der Waals surface area contributed by atoms with Gasteiger partial charge in [0.25, 0.3) is 0 Å². The lowest BCUT2D eigenvalue weighted by Crippen LogP contribution is -2.52. The maximum Gasteiger partial charge on any atom is 0.223 e. The number of piperidine rings is 1. The van der Waals surface area contributed by atoms with Crippen LogP contribution in [0.15, 0.2) is 0 Å². The maximum atomic E-state index is 12.5. The number of carbonyl (C=O) groups is 1. The summed E-state index contributed by atoms with van der Waals surface area (Å²) in [7, 11) is 0. The third-order valence-electron chi connectivity index (χ3n) is 4.66. The highest BCUT2D eigenvalue weighted by Crippen LogP contribution is 2.28. The molecule has 0 aromatic rings. The number of likely N-dealkylation sites (tertiary alicyclic amines) is 1. The second-order valence-electron chi connectivity index (χ2n) is 6.22. The van der Waals surface area contributed by atoms with Crippen LogP contribution >= 0.6 is 12.4 Å². The summed E-state index contributed by atoms with van der Waals surface area (Å²) in [5, 5.41) is 0. The van der Waals surface area contributed by atoms with E-state index in [1.54, 1.807) is 0 Å². The Hall–Kier alpha value is -0.280. The van der Waals surface area contributed by atoms with E-state index < -0.39 is 0 Å². The maximum absolute atomic E-state index is 12.5. The number of hydrogen-bond donors (Lipinski definition) is 1. The lowest BCUT2D eigenvalue weighted by atomic mass is 9.86. The Bertz CT molecular complexity index is 277. The monoisotopic (exact) mass is 288 g/mol. The molecule has 112 valence electrons. The Balaban J connectivity index is 0.00000180. The summed E-state index contributed by atoms with van der Waals surface area (Å²) in [6.07, 6.45) is 10.7. The SMILES string of the molecule is CC(N)C1CCCCN1C(=O)CC1CCCCC1.Cl. The molecule has 2 rings (SSSR count). The Morgan fingerprint density at radius 2 is 1.79 bits per heavy atom. The van der Waals surface area contributed by atoms with Crippen molar-refractivity contribution in [1.82, 2.24) is 4.90 Å². The van der Waals surface area contributed by atoms with Gasteiger partial charge >= 0.3 is 0 Å². The van der Waals surface area contributed by atoms with Crippen molar-refractivity contribution in [2.24, 2.45) is 11.7 Å². The summed E-state index contributed by atoms with van der Waals surface area (Å²) in [5.74, 6) is 1.01. The molecule has 1 aliphatic heterocycles. The van der Waals surface area contributed by atoms with E-state index in [4.69, 9.17) is 5.73 Å². The average Bonchev–Trinajstić information content (AvgIpc) is 2.40. The Morgan fingerprint density at radius 3 is 2.42 bits per heavy atom. The van der Waals surface area contributed by atoms with E-state index in [0.717, 1.165) is 25.8 Å². The number of carbonyl (C=O) groups excluding carboxylic acids is 1. The van der Waals surface area contributed by atoms with Gasteiger partial charge in [-0.05, 0) is 44.9 Å². The molecule has 0 spiro atoms. The largest absolute Gasteiger partial charge is 0.338 e. The zero-order valence-corrected chi connectivity index (χ0v) is 13.0. The topological polar surface area (TPSA) is 46.3 Å². The smallest absolute Gasteiger partial charge is 0.223 e. The summed E-state index contributed by atoms with van der Waals surface area (Å²) >= 11 is 0. The first-order valence-corrected chi connectivity index (χ1v) is 7.73. The van der Waals surface area contributed by atoms with E-state index in [1.807, 2.05) is 6.92 Å². The van der Waals surface area contributed by atoms with Gasteiger partial charge in [-0.2, -0.15) is 0 Å². The van der Waals surface area contributed by atoms with Crippen molar-refractivity contribution in [3.8, 4) is 0 Å². The quantitative estimate of drug-likeness (QED) is 0.867. The summed E-state index contributed by atoms with van der Waals surface area (Å²) in [6.45, 7) is 2.97. The predicted octanol–water partition coefficient (Wildman–Crippen LogP) is 3.11. The number of nitrogens with zero attached hydrogens (tertiary/aromatic N) is 1. The Labute approximate surface area is 123 Å². The molecule has 2 aliphatic rings. The predicted molar refractivity (Wildman–Crippen MR) is 81.4 cm³/mol. The van der Waals surface area contributed by atoms with E-state index in [1.165, 1.54) is 38.5 Å². The van der Waals surface area contributed by atoms with Gasteiger partial charge in [0.15, 0.2) is 0 Å². The molecular formula is C15H29ClN2O. The molecule has 1 aliphatic carbocycles. The van der Waals surface area contributed by atoms with Gasteiger partial charge in [-0.15, -0.1) is 12.4 Å². The van der Waals surface area contributed by atoms with E-state index in [-0.39, 0.29) is 24.5 Å². The van der Waals surface area contributed by atoms with Gasteiger partial charge in [0.1, 0.15) is 0 Å². The molecule has 0 radical (unpaired) electrons. The van der Waals surface area contributed by atoms with Crippen LogP contribution < -0.4 is 5.73 Å². The third-order valence-corrected chi connectivity index (χ3v) is 4.66. The highest BCUT2D eigenvalue weighted by molar-refractivity contribution is 5.85. The molecule has 1 heterocycles. The Morgan fingerprint density at radius 1 is 1.16 bits per heavy atom. The fourth-order valence-electron chi connectivity index (χ4n) is 3.57. The minimum absolute atomic E-state index is 0. The average molecular weight is 289 g/mol. The molecule has 0 aromatic heterocycles. The molecule has 2 unspecified atom stereocenters. The third kappa shape index (κ3) is 4.64. The lowest BCUT2D eigenvalue weighted by molar-refractivity contribution is -0.136. The first-order chi connectivity index (χ1) is 8.68. The first kappa shape index (κ1) is 16.8. The molecule has 1 amide bonds. The first-order valence-electron chi connectivity index (χ1n) is 7.73. The summed E-state index contributed by atoms with van der Waals surface area (Å²) in [4.78, 5) is 14.5. The van der Waals surface area contributed by atoms with Crippen LogP contribution in [0.4, 0.5) is 0 Å². The van der Waals surface area contributed by atoms with Crippen LogP contribution in [0, 0.1) is 5.92 Å². The van der Waals surface area contributed by atoms with Crippen LogP contribution in [-0.2, 0) is 4.79 Å². The van der Waals surface area contributed by atoms with E-state index in [2.05, 4.69) is 4.90 Å². The van der Waals surface area contributed by atoms with Crippen molar-refractivity contribution >= 4 is 18.3 Å². The van der Waals surface area contributed by atoms with Crippen molar-refractivity contribution in [1.29, 1.82) is 0 Å². The van der Waals surface area contributed by atoms with Gasteiger partial charge in [0.2, 0.25) is 5.91 Å². The zero-order chi connectivity index (χ0) is 13.0. The van der Waals surface area contributed by atoms with Crippen LogP contribution in [0.1, 0.15) is 64.7 Å². The van der Waals surface area contributed by atoms with Gasteiger partial charge in [0.05, 0.1) is 0 Å². The number of hydrogen-bond acceptors (Lipinski definition) is 2. The van der Waals surface area contributed by atoms with Gasteiger partial charge < -0.3 is 10.6 Å². The Kier molecular flexibility index (Phi) is 7.16. The molecular weight excluding hydrogens is 260 g/mol. The van der Waals surface area contributed by atoms with Crippen molar-refractivity contribution in [2.75, 3.05) is 6.54 Å². The van der Waals surface area contributed by atoms with Gasteiger partial charge in [-0.25, -0.2) is 0 Å². The van der Waals surface area contributed by atoms with Gasteiger partial charge in [0, 0.05) is 25.0 Å². The van der Waals surface area contributed by atoms with Crippen molar-refractivity contribution in [2.45, 2.75) is 76.8 Å². The fourth-order valence-corrected chi connectivity index (χ4v) is 3.57. The second kappa shape index (κ2) is 8.11. The molecule has 1 saturated heterocycles. The van der Waals surface area contributed by atoms with Gasteiger partial charge in [-0.3, -0.25) is 4.79 Å². The number of nitrogens with two attached hydrogens (primary N) is 1. The normalized spacial score (nSPS) is 26.6. The number of amides is 1. The number of halogens is 1. The molecule has 2 atom stereocenters. The minimum Gasteiger partial charge on any atom is -0.338 e. The standard InChI is InChI=1S/C15H28N2O.ClH/c1-12(16)14-9-5-6-10-17(14)15(18)11-13-7-3-2-4-8-13;/h12-14H,2-11,16H2,1H3;1H. The molecule has 1 saturated carbocycles. The molecule has 4 heteroatoms. The summed E-state index contributed by atoms with van der Waals surface area (Å²) in [5.41, 5.74) is 6.03. The minimum atomic E-state index is 0. The summed E-state index contributed by atoms with van der Waals surface area (Å²) in [6, 6.07) is 0.399. The van der Waals surface area contributed by atoms with Crippen molar-refractivity contribution in [3.63, 3.8) is 0 Å². The van der Waals surface area contributed by atoms with Crippen molar-refractivity contribution < 1.29 is 4.79 Å². The van der Waals surface area contributed by atoms with Crippen LogP contribution in [0.5, 0.6) is 0 Å². The van der Waals surface area contributed by atoms with Crippen LogP contribution in [0.2, 0.25) is 0 Å². The number of rotatable bonds is 3. The van der Waals surface area contributed by atoms with Crippen molar-refractivity contribution in [3.05, 3.63) is 0 Å². The lowest BCUT2D eigenvalue weighted by Gasteiger charge is -2.39. The molecule has 2 fully saturated rings. The zero-order valence-electron chi connectivity index (χ0n) is 12.1. The molecule has 2 N–H and O–H groups in total. The fraction of sp³-hybridized carbons (Fsp3) is 0.933. The summed E-state index contributed by atoms with van der Waals surface area (Å²) < 4.78 is 0. The van der Waals surface area contributed by atoms with Gasteiger partial charge in [-0.1, -0.05) is 19.3 Å². The highest BCUT2D eigenvalue weighted by Gasteiger charge is 2.30.